The molecule has 0 N–H and O–H groups in total. The van der Waals surface area contributed by atoms with Crippen molar-refractivity contribution in [3.05, 3.63) is 87.1 Å². The molecule has 0 radical (unpaired) electrons. The third-order valence-electron chi connectivity index (χ3n) is 5.48. The number of allylic oxidation sites excluding steroid dienone is 1. The molecule has 0 bridgehead atoms. The van der Waals surface area contributed by atoms with E-state index in [4.69, 9.17) is 4.98 Å². The van der Waals surface area contributed by atoms with Gasteiger partial charge >= 0.3 is 0 Å². The van der Waals surface area contributed by atoms with Crippen LogP contribution in [-0.2, 0) is 13.0 Å². The van der Waals surface area contributed by atoms with Crippen LogP contribution in [0.4, 0.5) is 4.39 Å². The summed E-state index contributed by atoms with van der Waals surface area (Å²) in [6, 6.07) is 9.94. The monoisotopic (exact) mass is 481 g/mol. The van der Waals surface area contributed by atoms with Crippen molar-refractivity contribution in [1.29, 1.82) is 0 Å². The standard InChI is InChI=1S/C25H24FN3O2S2/c1-5-11-28-24(31)21-13-19(6-2)33-23(21)27-25(28)32-14-22(30)20-12-15(3)29(16(20)4)18-9-7-17(26)8-10-18/h5,7-10,12-13H,1,6,11,14H2,2-4H3. The molecule has 33 heavy (non-hydrogen) atoms. The van der Waals surface area contributed by atoms with Crippen molar-refractivity contribution in [1.82, 2.24) is 14.1 Å². The molecule has 0 aliphatic heterocycles. The molecule has 0 unspecified atom stereocenters. The van der Waals surface area contributed by atoms with Gasteiger partial charge in [-0.3, -0.25) is 14.2 Å². The van der Waals surface area contributed by atoms with Crippen molar-refractivity contribution in [3.63, 3.8) is 0 Å². The lowest BCUT2D eigenvalue weighted by Gasteiger charge is -2.11. The number of halogens is 1. The molecule has 3 aromatic heterocycles. The average molecular weight is 482 g/mol. The summed E-state index contributed by atoms with van der Waals surface area (Å²) >= 11 is 2.77. The average Bonchev–Trinajstić information content (AvgIpc) is 3.35. The van der Waals surface area contributed by atoms with E-state index in [2.05, 4.69) is 6.58 Å². The largest absolute Gasteiger partial charge is 0.318 e. The van der Waals surface area contributed by atoms with Gasteiger partial charge in [0, 0.05) is 34.1 Å². The summed E-state index contributed by atoms with van der Waals surface area (Å²) in [5, 5.41) is 1.12. The van der Waals surface area contributed by atoms with E-state index < -0.39 is 0 Å². The molecule has 4 rings (SSSR count). The molecular weight excluding hydrogens is 457 g/mol. The van der Waals surface area contributed by atoms with Crippen molar-refractivity contribution < 1.29 is 9.18 Å². The van der Waals surface area contributed by atoms with Crippen molar-refractivity contribution in [2.24, 2.45) is 0 Å². The van der Waals surface area contributed by atoms with Crippen LogP contribution in [0.15, 0.2) is 59.0 Å². The van der Waals surface area contributed by atoms with Crippen LogP contribution >= 0.6 is 23.1 Å². The Kier molecular flexibility index (Phi) is 6.67. The fourth-order valence-electron chi connectivity index (χ4n) is 3.86. The van der Waals surface area contributed by atoms with Gasteiger partial charge in [0.1, 0.15) is 10.6 Å². The number of benzene rings is 1. The van der Waals surface area contributed by atoms with Gasteiger partial charge in [0.2, 0.25) is 0 Å². The summed E-state index contributed by atoms with van der Waals surface area (Å²) in [7, 11) is 0. The molecule has 0 spiro atoms. The van der Waals surface area contributed by atoms with E-state index in [1.807, 2.05) is 37.5 Å². The normalized spacial score (nSPS) is 11.3. The zero-order chi connectivity index (χ0) is 23.7. The Hall–Kier alpha value is -2.97. The first-order valence-corrected chi connectivity index (χ1v) is 12.4. The molecule has 3 heterocycles. The lowest BCUT2D eigenvalue weighted by molar-refractivity contribution is 0.102. The number of Topliss-reactive ketones (excluding diaryl/α,β-unsaturated/α-hetero) is 1. The number of carbonyl (C=O) groups is 1. The number of hydrogen-bond acceptors (Lipinski definition) is 5. The molecule has 0 atom stereocenters. The molecule has 4 aromatic rings. The number of aryl methyl sites for hydroxylation is 2. The molecule has 1 aromatic carbocycles. The highest BCUT2D eigenvalue weighted by Gasteiger charge is 2.19. The second-order valence-electron chi connectivity index (χ2n) is 7.69. The smallest absolute Gasteiger partial charge is 0.263 e. The summed E-state index contributed by atoms with van der Waals surface area (Å²) in [6.07, 6.45) is 2.50. The van der Waals surface area contributed by atoms with E-state index in [1.165, 1.54) is 35.2 Å². The quantitative estimate of drug-likeness (QED) is 0.140. The Morgan fingerprint density at radius 1 is 1.24 bits per heavy atom. The van der Waals surface area contributed by atoms with Gasteiger partial charge in [-0.15, -0.1) is 17.9 Å². The number of fused-ring (bicyclic) bond motifs is 1. The Balaban J connectivity index is 1.63. The Bertz CT molecular complexity index is 1410. The van der Waals surface area contributed by atoms with Crippen LogP contribution in [0.3, 0.4) is 0 Å². The van der Waals surface area contributed by atoms with E-state index in [0.29, 0.717) is 27.5 Å². The maximum atomic E-state index is 13.3. The number of nitrogens with zero attached hydrogens (tertiary/aromatic N) is 3. The van der Waals surface area contributed by atoms with E-state index >= 15 is 0 Å². The van der Waals surface area contributed by atoms with Crippen molar-refractivity contribution >= 4 is 39.1 Å². The van der Waals surface area contributed by atoms with Crippen molar-refractivity contribution in [2.75, 3.05) is 5.75 Å². The number of thioether (sulfide) groups is 1. The molecule has 0 amide bonds. The fourth-order valence-corrected chi connectivity index (χ4v) is 5.76. The van der Waals surface area contributed by atoms with E-state index in [9.17, 15) is 14.0 Å². The van der Waals surface area contributed by atoms with Gasteiger partial charge in [-0.2, -0.15) is 0 Å². The molecule has 8 heteroatoms. The number of thiophene rings is 1. The highest BCUT2D eigenvalue weighted by Crippen LogP contribution is 2.27. The maximum absolute atomic E-state index is 13.3. The van der Waals surface area contributed by atoms with Gasteiger partial charge in [0.15, 0.2) is 10.9 Å². The molecule has 0 aliphatic rings. The van der Waals surface area contributed by atoms with Crippen LogP contribution in [0.2, 0.25) is 0 Å². The molecule has 0 saturated carbocycles. The predicted molar refractivity (Wildman–Crippen MR) is 134 cm³/mol. The van der Waals surface area contributed by atoms with Gasteiger partial charge in [0.25, 0.3) is 5.56 Å². The highest BCUT2D eigenvalue weighted by atomic mass is 32.2. The van der Waals surface area contributed by atoms with E-state index in [1.54, 1.807) is 22.8 Å². The Morgan fingerprint density at radius 3 is 2.64 bits per heavy atom. The van der Waals surface area contributed by atoms with Crippen LogP contribution < -0.4 is 5.56 Å². The first-order chi connectivity index (χ1) is 15.8. The molecule has 0 fully saturated rings. The Labute approximate surface area is 199 Å². The summed E-state index contributed by atoms with van der Waals surface area (Å²) in [4.78, 5) is 32.6. The van der Waals surface area contributed by atoms with Crippen LogP contribution in [-0.4, -0.2) is 25.7 Å². The maximum Gasteiger partial charge on any atom is 0.263 e. The third-order valence-corrected chi connectivity index (χ3v) is 7.63. The zero-order valence-electron chi connectivity index (χ0n) is 18.7. The molecule has 170 valence electrons. The molecule has 0 saturated heterocycles. The lowest BCUT2D eigenvalue weighted by Crippen LogP contribution is -2.22. The van der Waals surface area contributed by atoms with E-state index in [-0.39, 0.29) is 22.9 Å². The summed E-state index contributed by atoms with van der Waals surface area (Å²) in [5.74, 6) is -0.212. The predicted octanol–water partition coefficient (Wildman–Crippen LogP) is 5.73. The number of aromatic nitrogens is 3. The second kappa shape index (κ2) is 9.49. The zero-order valence-corrected chi connectivity index (χ0v) is 20.4. The minimum atomic E-state index is -0.305. The highest BCUT2D eigenvalue weighted by molar-refractivity contribution is 7.99. The Morgan fingerprint density at radius 2 is 1.97 bits per heavy atom. The second-order valence-corrected chi connectivity index (χ2v) is 9.75. The minimum Gasteiger partial charge on any atom is -0.318 e. The van der Waals surface area contributed by atoms with Crippen molar-refractivity contribution in [3.8, 4) is 5.69 Å². The summed E-state index contributed by atoms with van der Waals surface area (Å²) in [5.41, 5.74) is 2.98. The number of carbonyl (C=O) groups excluding carboxylic acids is 1. The van der Waals surface area contributed by atoms with Crippen LogP contribution in [0.25, 0.3) is 15.9 Å². The van der Waals surface area contributed by atoms with Crippen LogP contribution in [0.1, 0.15) is 33.5 Å². The molecular formula is C25H24FN3O2S2. The fraction of sp³-hybridized carbons (Fsp3) is 0.240. The number of rotatable bonds is 8. The van der Waals surface area contributed by atoms with Gasteiger partial charge < -0.3 is 4.57 Å². The SMILES string of the molecule is C=CCn1c(SCC(=O)c2cc(C)n(-c3ccc(F)cc3)c2C)nc2sc(CC)cc2c1=O. The first-order valence-electron chi connectivity index (χ1n) is 10.6. The topological polar surface area (TPSA) is 56.9 Å². The van der Waals surface area contributed by atoms with Gasteiger partial charge in [-0.05, 0) is 56.7 Å². The minimum absolute atomic E-state index is 0.0543. The van der Waals surface area contributed by atoms with E-state index in [0.717, 1.165) is 28.4 Å². The van der Waals surface area contributed by atoms with Crippen LogP contribution in [0.5, 0.6) is 0 Å². The molecule has 5 nitrogen and oxygen atoms in total. The number of ketones is 1. The summed E-state index contributed by atoms with van der Waals surface area (Å²) < 4.78 is 16.8. The summed E-state index contributed by atoms with van der Waals surface area (Å²) in [6.45, 7) is 9.92. The first kappa shape index (κ1) is 23.2. The van der Waals surface area contributed by atoms with Crippen molar-refractivity contribution in [2.45, 2.75) is 38.9 Å². The van der Waals surface area contributed by atoms with Crippen LogP contribution in [0, 0.1) is 19.7 Å². The lowest BCUT2D eigenvalue weighted by atomic mass is 10.2. The van der Waals surface area contributed by atoms with Gasteiger partial charge in [-0.1, -0.05) is 24.8 Å². The molecule has 0 aliphatic carbocycles. The third kappa shape index (κ3) is 4.45. The number of hydrogen-bond donors (Lipinski definition) is 0. The van der Waals surface area contributed by atoms with Gasteiger partial charge in [-0.25, -0.2) is 9.37 Å². The van der Waals surface area contributed by atoms with Gasteiger partial charge in [0.05, 0.1) is 11.1 Å².